The third-order valence-corrected chi connectivity index (χ3v) is 2.94. The van der Waals surface area contributed by atoms with Crippen LogP contribution >= 0.6 is 0 Å². The van der Waals surface area contributed by atoms with Gasteiger partial charge in [0.2, 0.25) is 0 Å². The lowest BCUT2D eigenvalue weighted by molar-refractivity contribution is -0.386. The van der Waals surface area contributed by atoms with Crippen LogP contribution in [0.1, 0.15) is 46.0 Å². The van der Waals surface area contributed by atoms with Crippen molar-refractivity contribution in [2.45, 2.75) is 69.6 Å². The molecule has 0 aliphatic rings. The monoisotopic (exact) mass is 298 g/mol. The van der Waals surface area contributed by atoms with Crippen LogP contribution in [0.5, 0.6) is 0 Å². The van der Waals surface area contributed by atoms with E-state index in [1.807, 2.05) is 6.92 Å². The van der Waals surface area contributed by atoms with E-state index in [9.17, 15) is 35.8 Å². The molecule has 0 aromatic heterocycles. The summed E-state index contributed by atoms with van der Waals surface area (Å²) in [5, 5.41) is 9.31. The third kappa shape index (κ3) is 3.73. The van der Waals surface area contributed by atoms with Crippen LogP contribution in [0.15, 0.2) is 0 Å². The Morgan fingerprint density at radius 2 is 1.26 bits per heavy atom. The number of alkyl halides is 7. The summed E-state index contributed by atoms with van der Waals surface area (Å²) in [5.41, 5.74) is -3.42. The van der Waals surface area contributed by atoms with Gasteiger partial charge >= 0.3 is 18.0 Å². The molecule has 0 fully saturated rings. The zero-order chi connectivity index (χ0) is 15.5. The Bertz CT molecular complexity index is 283. The van der Waals surface area contributed by atoms with Crippen LogP contribution < -0.4 is 0 Å². The normalized spacial score (nSPS) is 17.4. The van der Waals surface area contributed by atoms with Crippen molar-refractivity contribution in [3.8, 4) is 0 Å². The van der Waals surface area contributed by atoms with Crippen molar-refractivity contribution in [1.29, 1.82) is 0 Å². The fourth-order valence-electron chi connectivity index (χ4n) is 1.57. The molecule has 1 nitrogen and oxygen atoms in total. The molecular formula is C11H17F7O. The Kier molecular flexibility index (Phi) is 5.68. The van der Waals surface area contributed by atoms with Gasteiger partial charge in [0.05, 0.1) is 0 Å². The average molecular weight is 298 g/mol. The molecule has 1 atom stereocenters. The minimum atomic E-state index is -6.41. The lowest BCUT2D eigenvalue weighted by Crippen LogP contribution is -2.62. The summed E-state index contributed by atoms with van der Waals surface area (Å²) >= 11 is 0. The second-order valence-electron chi connectivity index (χ2n) is 4.73. The van der Waals surface area contributed by atoms with E-state index in [-0.39, 0.29) is 6.42 Å². The number of hydrogen-bond acceptors (Lipinski definition) is 1. The summed E-state index contributed by atoms with van der Waals surface area (Å²) in [4.78, 5) is 0. The second kappa shape index (κ2) is 5.85. The predicted octanol–water partition coefficient (Wildman–Crippen LogP) is 4.54. The molecule has 0 rings (SSSR count). The average Bonchev–Trinajstić information content (AvgIpc) is 2.22. The van der Waals surface area contributed by atoms with Gasteiger partial charge in [-0.15, -0.1) is 0 Å². The van der Waals surface area contributed by atoms with E-state index in [0.717, 1.165) is 6.42 Å². The van der Waals surface area contributed by atoms with Gasteiger partial charge in [0.15, 0.2) is 0 Å². The minimum absolute atomic E-state index is 0.0512. The highest BCUT2D eigenvalue weighted by molar-refractivity contribution is 5.02. The SMILES string of the molecule is CCCCCCC(C)(O)C(F)(F)C(F)(F)C(F)(F)F. The molecule has 0 radical (unpaired) electrons. The molecule has 0 aliphatic heterocycles. The van der Waals surface area contributed by atoms with Crippen molar-refractivity contribution < 1.29 is 35.8 Å². The van der Waals surface area contributed by atoms with Crippen molar-refractivity contribution in [3.05, 3.63) is 0 Å². The van der Waals surface area contributed by atoms with Crippen molar-refractivity contribution in [2.24, 2.45) is 0 Å². The lowest BCUT2D eigenvalue weighted by Gasteiger charge is -2.38. The molecule has 0 aromatic rings. The molecule has 0 saturated heterocycles. The molecule has 0 spiro atoms. The first-order valence-electron chi connectivity index (χ1n) is 5.86. The topological polar surface area (TPSA) is 20.2 Å². The van der Waals surface area contributed by atoms with E-state index >= 15 is 0 Å². The van der Waals surface area contributed by atoms with Crippen molar-refractivity contribution in [3.63, 3.8) is 0 Å². The maximum Gasteiger partial charge on any atom is 0.459 e. The largest absolute Gasteiger partial charge is 0.459 e. The summed E-state index contributed by atoms with van der Waals surface area (Å²) < 4.78 is 87.9. The summed E-state index contributed by atoms with van der Waals surface area (Å²) in [6, 6.07) is 0. The number of unbranched alkanes of at least 4 members (excludes halogenated alkanes) is 3. The number of halogens is 7. The highest BCUT2D eigenvalue weighted by atomic mass is 19.4. The molecule has 116 valence electrons. The number of rotatable bonds is 7. The van der Waals surface area contributed by atoms with Gasteiger partial charge in [-0.05, 0) is 13.3 Å². The molecular weight excluding hydrogens is 281 g/mol. The Morgan fingerprint density at radius 1 is 0.789 bits per heavy atom. The summed E-state index contributed by atoms with van der Waals surface area (Å²) in [6.45, 7) is 2.11. The van der Waals surface area contributed by atoms with Gasteiger partial charge in [-0.2, -0.15) is 30.7 Å². The number of aliphatic hydroxyl groups is 1. The van der Waals surface area contributed by atoms with Crippen LogP contribution in [0.2, 0.25) is 0 Å². The molecule has 0 amide bonds. The standard InChI is InChI=1S/C11H17F7O/c1-3-4-5-6-7-8(2,19)9(12,13)10(14,15)11(16,17)18/h19H,3-7H2,1-2H3. The van der Waals surface area contributed by atoms with Gasteiger partial charge in [-0.1, -0.05) is 32.6 Å². The van der Waals surface area contributed by atoms with Crippen LogP contribution in [-0.4, -0.2) is 28.7 Å². The molecule has 0 heterocycles. The highest BCUT2D eigenvalue weighted by Gasteiger charge is 2.78. The maximum atomic E-state index is 13.3. The van der Waals surface area contributed by atoms with Crippen LogP contribution in [-0.2, 0) is 0 Å². The van der Waals surface area contributed by atoms with Crippen LogP contribution in [0.4, 0.5) is 30.7 Å². The van der Waals surface area contributed by atoms with Gasteiger partial charge in [-0.3, -0.25) is 0 Å². The highest BCUT2D eigenvalue weighted by Crippen LogP contribution is 2.52. The fraction of sp³-hybridized carbons (Fsp3) is 1.00. The fourth-order valence-corrected chi connectivity index (χ4v) is 1.57. The van der Waals surface area contributed by atoms with E-state index in [1.165, 1.54) is 0 Å². The number of hydrogen-bond donors (Lipinski definition) is 1. The molecule has 0 aliphatic carbocycles. The van der Waals surface area contributed by atoms with Gasteiger partial charge in [-0.25, -0.2) is 0 Å². The van der Waals surface area contributed by atoms with Crippen molar-refractivity contribution in [2.75, 3.05) is 0 Å². The maximum absolute atomic E-state index is 13.3. The Balaban J connectivity index is 4.96. The van der Waals surface area contributed by atoms with E-state index in [4.69, 9.17) is 0 Å². The van der Waals surface area contributed by atoms with Crippen LogP contribution in [0.25, 0.3) is 0 Å². The Morgan fingerprint density at radius 3 is 1.63 bits per heavy atom. The van der Waals surface area contributed by atoms with Crippen molar-refractivity contribution in [1.82, 2.24) is 0 Å². The first-order chi connectivity index (χ1) is 8.31. The second-order valence-corrected chi connectivity index (χ2v) is 4.73. The van der Waals surface area contributed by atoms with Crippen LogP contribution in [0.3, 0.4) is 0 Å². The van der Waals surface area contributed by atoms with E-state index < -0.39 is 30.0 Å². The Hall–Kier alpha value is -0.530. The molecule has 0 bridgehead atoms. The first kappa shape index (κ1) is 18.5. The van der Waals surface area contributed by atoms with Gasteiger partial charge in [0.1, 0.15) is 5.60 Å². The van der Waals surface area contributed by atoms with Gasteiger partial charge in [0, 0.05) is 0 Å². The zero-order valence-electron chi connectivity index (χ0n) is 10.6. The third-order valence-electron chi connectivity index (χ3n) is 2.94. The Labute approximate surface area is 106 Å². The smallest absolute Gasteiger partial charge is 0.384 e. The van der Waals surface area contributed by atoms with Crippen molar-refractivity contribution >= 4 is 0 Å². The first-order valence-corrected chi connectivity index (χ1v) is 5.86. The molecule has 19 heavy (non-hydrogen) atoms. The quantitative estimate of drug-likeness (QED) is 0.540. The lowest BCUT2D eigenvalue weighted by atomic mass is 9.87. The summed E-state index contributed by atoms with van der Waals surface area (Å²) in [5.74, 6) is -11.8. The van der Waals surface area contributed by atoms with E-state index in [1.54, 1.807) is 0 Å². The predicted molar refractivity (Wildman–Crippen MR) is 55.3 cm³/mol. The van der Waals surface area contributed by atoms with Gasteiger partial charge < -0.3 is 5.11 Å². The summed E-state index contributed by atoms with van der Waals surface area (Å²) in [6.07, 6.45) is -5.56. The van der Waals surface area contributed by atoms with E-state index in [0.29, 0.717) is 19.8 Å². The van der Waals surface area contributed by atoms with Gasteiger partial charge in [0.25, 0.3) is 0 Å². The molecule has 0 aromatic carbocycles. The molecule has 8 heteroatoms. The zero-order valence-corrected chi connectivity index (χ0v) is 10.6. The van der Waals surface area contributed by atoms with E-state index in [2.05, 4.69) is 0 Å². The summed E-state index contributed by atoms with van der Waals surface area (Å²) in [7, 11) is 0. The van der Waals surface area contributed by atoms with Crippen LogP contribution in [0, 0.1) is 0 Å². The minimum Gasteiger partial charge on any atom is -0.384 e. The molecule has 1 N–H and O–H groups in total. The molecule has 1 unspecified atom stereocenters. The molecule has 0 saturated carbocycles.